The van der Waals surface area contributed by atoms with E-state index in [1.807, 2.05) is 42.5 Å². The second kappa shape index (κ2) is 13.3. The number of amides is 1. The van der Waals surface area contributed by atoms with Gasteiger partial charge >= 0.3 is 0 Å². The van der Waals surface area contributed by atoms with Crippen LogP contribution in [-0.4, -0.2) is 58.1 Å². The van der Waals surface area contributed by atoms with Crippen LogP contribution in [0.15, 0.2) is 47.5 Å². The van der Waals surface area contributed by atoms with Crippen LogP contribution in [0.3, 0.4) is 0 Å². The average molecular weight is 545 g/mol. The molecule has 1 amide bonds. The molecule has 30 heavy (non-hydrogen) atoms. The first-order chi connectivity index (χ1) is 13.9. The van der Waals surface area contributed by atoms with Crippen molar-refractivity contribution in [3.05, 3.63) is 64.2 Å². The monoisotopic (exact) mass is 544 g/mol. The molecule has 2 rings (SSSR count). The smallest absolute Gasteiger partial charge is 0.253 e. The molecule has 0 fully saturated rings. The van der Waals surface area contributed by atoms with Crippen molar-refractivity contribution in [3.63, 3.8) is 0 Å². The predicted molar refractivity (Wildman–Crippen MR) is 135 cm³/mol. The van der Waals surface area contributed by atoms with E-state index in [-0.39, 0.29) is 29.9 Å². The molecule has 2 aromatic rings. The molecule has 0 spiro atoms. The van der Waals surface area contributed by atoms with Gasteiger partial charge in [0.1, 0.15) is 5.75 Å². The number of aliphatic imine (C=N–C) groups is 1. The maximum absolute atomic E-state index is 12.1. The van der Waals surface area contributed by atoms with Crippen molar-refractivity contribution in [2.24, 2.45) is 4.99 Å². The minimum absolute atomic E-state index is 0. The van der Waals surface area contributed by atoms with E-state index in [1.54, 1.807) is 33.2 Å². The summed E-state index contributed by atoms with van der Waals surface area (Å²) in [6.45, 7) is 1.42. The topological polar surface area (TPSA) is 66.0 Å². The number of carbonyl (C=O) groups excluding carboxylic acids is 1. The highest BCUT2D eigenvalue weighted by Crippen LogP contribution is 2.22. The van der Waals surface area contributed by atoms with Crippen LogP contribution < -0.4 is 15.4 Å². The fraction of sp³-hybridized carbons (Fsp3) is 0.364. The van der Waals surface area contributed by atoms with E-state index in [1.165, 1.54) is 0 Å². The Kier molecular flexibility index (Phi) is 11.6. The summed E-state index contributed by atoms with van der Waals surface area (Å²) in [6, 6.07) is 13.4. The summed E-state index contributed by atoms with van der Waals surface area (Å²) in [5.74, 6) is 1.49. The molecule has 6 nitrogen and oxygen atoms in total. The quantitative estimate of drug-likeness (QED) is 0.303. The van der Waals surface area contributed by atoms with Crippen LogP contribution in [0.25, 0.3) is 0 Å². The lowest BCUT2D eigenvalue weighted by Gasteiger charge is -2.13. The van der Waals surface area contributed by atoms with Crippen molar-refractivity contribution in [1.82, 2.24) is 15.5 Å². The van der Waals surface area contributed by atoms with Gasteiger partial charge in [0.2, 0.25) is 0 Å². The number of ether oxygens (including phenoxy) is 1. The molecule has 0 radical (unpaired) electrons. The van der Waals surface area contributed by atoms with E-state index >= 15 is 0 Å². The van der Waals surface area contributed by atoms with E-state index in [2.05, 4.69) is 15.6 Å². The zero-order valence-electron chi connectivity index (χ0n) is 17.9. The van der Waals surface area contributed by atoms with Crippen molar-refractivity contribution in [2.45, 2.75) is 12.8 Å². The summed E-state index contributed by atoms with van der Waals surface area (Å²) in [5.41, 5.74) is 2.86. The van der Waals surface area contributed by atoms with Gasteiger partial charge in [-0.3, -0.25) is 9.79 Å². The van der Waals surface area contributed by atoms with Crippen LogP contribution >= 0.6 is 35.6 Å². The van der Waals surface area contributed by atoms with E-state index < -0.39 is 0 Å². The number of carbonyl (C=O) groups is 1. The van der Waals surface area contributed by atoms with Gasteiger partial charge in [-0.25, -0.2) is 0 Å². The molecular formula is C22H30ClIN4O2. The Morgan fingerprint density at radius 1 is 1.10 bits per heavy atom. The molecule has 0 atom stereocenters. The summed E-state index contributed by atoms with van der Waals surface area (Å²) in [5, 5.41) is 7.29. The zero-order chi connectivity index (χ0) is 21.2. The van der Waals surface area contributed by atoms with Crippen molar-refractivity contribution in [1.29, 1.82) is 0 Å². The van der Waals surface area contributed by atoms with Crippen molar-refractivity contribution in [2.75, 3.05) is 41.3 Å². The average Bonchev–Trinajstić information content (AvgIpc) is 2.73. The van der Waals surface area contributed by atoms with Gasteiger partial charge in [0.25, 0.3) is 5.91 Å². The summed E-state index contributed by atoms with van der Waals surface area (Å²) in [7, 11) is 6.88. The highest BCUT2D eigenvalue weighted by atomic mass is 127. The van der Waals surface area contributed by atoms with Crippen LogP contribution in [0, 0.1) is 0 Å². The second-order valence-corrected chi connectivity index (χ2v) is 7.19. The maximum atomic E-state index is 12.1. The largest absolute Gasteiger partial charge is 0.497 e. The second-order valence-electron chi connectivity index (χ2n) is 6.78. The lowest BCUT2D eigenvalue weighted by atomic mass is 10.1. The van der Waals surface area contributed by atoms with Gasteiger partial charge in [-0.15, -0.1) is 24.0 Å². The summed E-state index contributed by atoms with van der Waals surface area (Å²) >= 11 is 6.28. The van der Waals surface area contributed by atoms with Crippen molar-refractivity contribution < 1.29 is 9.53 Å². The van der Waals surface area contributed by atoms with Gasteiger partial charge in [0.05, 0.1) is 7.11 Å². The standard InChI is InChI=1S/C22H29ClN4O2.HI/c1-24-22(26-13-11-17-8-9-19(29-4)15-20(17)23)25-12-10-16-6-5-7-18(14-16)21(28)27(2)3;/h5-9,14-15H,10-13H2,1-4H3,(H2,24,25,26);1H. The molecule has 2 N–H and O–H groups in total. The third-order valence-electron chi connectivity index (χ3n) is 4.46. The molecular weight excluding hydrogens is 515 g/mol. The fourth-order valence-corrected chi connectivity index (χ4v) is 3.10. The van der Waals surface area contributed by atoms with E-state index in [4.69, 9.17) is 16.3 Å². The van der Waals surface area contributed by atoms with Crippen molar-refractivity contribution in [3.8, 4) is 5.75 Å². The van der Waals surface area contributed by atoms with Gasteiger partial charge < -0.3 is 20.3 Å². The lowest BCUT2D eigenvalue weighted by molar-refractivity contribution is 0.0827. The Labute approximate surface area is 201 Å². The third-order valence-corrected chi connectivity index (χ3v) is 4.81. The van der Waals surface area contributed by atoms with Crippen LogP contribution in [0.5, 0.6) is 5.75 Å². The fourth-order valence-electron chi connectivity index (χ4n) is 2.84. The number of rotatable bonds is 8. The number of nitrogens with zero attached hydrogens (tertiary/aromatic N) is 2. The van der Waals surface area contributed by atoms with Crippen LogP contribution in [0.4, 0.5) is 0 Å². The Morgan fingerprint density at radius 3 is 2.40 bits per heavy atom. The van der Waals surface area contributed by atoms with Gasteiger partial charge in [-0.2, -0.15) is 0 Å². The third kappa shape index (κ3) is 8.02. The molecule has 164 valence electrons. The molecule has 0 aliphatic carbocycles. The number of halogens is 2. The summed E-state index contributed by atoms with van der Waals surface area (Å²) < 4.78 is 5.17. The summed E-state index contributed by atoms with van der Waals surface area (Å²) in [4.78, 5) is 17.9. The normalized spacial score (nSPS) is 10.8. The number of guanidine groups is 1. The molecule has 0 unspecified atom stereocenters. The minimum Gasteiger partial charge on any atom is -0.497 e. The number of benzene rings is 2. The lowest BCUT2D eigenvalue weighted by Crippen LogP contribution is -2.39. The first-order valence-corrected chi connectivity index (χ1v) is 9.90. The Balaban J connectivity index is 0.00000450. The number of hydrogen-bond acceptors (Lipinski definition) is 3. The number of nitrogens with one attached hydrogen (secondary N) is 2. The Morgan fingerprint density at radius 2 is 1.80 bits per heavy atom. The molecule has 0 aromatic heterocycles. The van der Waals surface area contributed by atoms with Gasteiger partial charge in [-0.05, 0) is 48.2 Å². The van der Waals surface area contributed by atoms with Gasteiger partial charge in [0, 0.05) is 44.8 Å². The number of hydrogen-bond donors (Lipinski definition) is 2. The zero-order valence-corrected chi connectivity index (χ0v) is 21.0. The van der Waals surface area contributed by atoms with Crippen LogP contribution in [-0.2, 0) is 12.8 Å². The van der Waals surface area contributed by atoms with E-state index in [0.29, 0.717) is 23.7 Å². The Hall–Kier alpha value is -2.00. The molecule has 0 aliphatic heterocycles. The highest BCUT2D eigenvalue weighted by Gasteiger charge is 2.08. The Bertz CT molecular complexity index is 859. The van der Waals surface area contributed by atoms with Crippen molar-refractivity contribution >= 4 is 47.4 Å². The summed E-state index contributed by atoms with van der Waals surface area (Å²) in [6.07, 6.45) is 1.57. The van der Waals surface area contributed by atoms with E-state index in [0.717, 1.165) is 35.7 Å². The highest BCUT2D eigenvalue weighted by molar-refractivity contribution is 14.0. The SMILES string of the molecule is CN=C(NCCc1cccc(C(=O)N(C)C)c1)NCCc1ccc(OC)cc1Cl.I. The molecule has 2 aromatic carbocycles. The van der Waals surface area contributed by atoms with E-state index in [9.17, 15) is 4.79 Å². The first kappa shape index (κ1) is 26.0. The molecule has 8 heteroatoms. The van der Waals surface area contributed by atoms with Gasteiger partial charge in [-0.1, -0.05) is 29.8 Å². The number of methoxy groups -OCH3 is 1. The van der Waals surface area contributed by atoms with Crippen LogP contribution in [0.2, 0.25) is 5.02 Å². The first-order valence-electron chi connectivity index (χ1n) is 9.52. The van der Waals surface area contributed by atoms with Gasteiger partial charge in [0.15, 0.2) is 5.96 Å². The molecule has 0 aliphatic rings. The molecule has 0 saturated carbocycles. The molecule has 0 bridgehead atoms. The minimum atomic E-state index is 0. The predicted octanol–water partition coefficient (Wildman–Crippen LogP) is 3.62. The molecule has 0 saturated heterocycles. The van der Waals surface area contributed by atoms with Crippen LogP contribution in [0.1, 0.15) is 21.5 Å². The maximum Gasteiger partial charge on any atom is 0.253 e. The molecule has 0 heterocycles.